The van der Waals surface area contributed by atoms with Crippen molar-refractivity contribution in [2.45, 2.75) is 13.2 Å². The number of halogens is 1. The van der Waals surface area contributed by atoms with Gasteiger partial charge in [-0.05, 0) is 44.3 Å². The van der Waals surface area contributed by atoms with E-state index >= 15 is 0 Å². The number of ether oxygens (including phenoxy) is 1. The molecule has 1 fully saturated rings. The largest absolute Gasteiger partial charge is 0.444 e. The van der Waals surface area contributed by atoms with Crippen LogP contribution in [-0.2, 0) is 9.53 Å². The van der Waals surface area contributed by atoms with E-state index in [1.165, 1.54) is 0 Å². The highest BCUT2D eigenvalue weighted by molar-refractivity contribution is 6.31. The van der Waals surface area contributed by atoms with Crippen LogP contribution < -0.4 is 4.90 Å². The summed E-state index contributed by atoms with van der Waals surface area (Å²) in [7, 11) is 2.13. The zero-order chi connectivity index (χ0) is 19.7. The summed E-state index contributed by atoms with van der Waals surface area (Å²) in [5, 5.41) is 0.620. The summed E-state index contributed by atoms with van der Waals surface area (Å²) in [5.74, 6) is 0.924. The molecule has 0 N–H and O–H groups in total. The number of para-hydroxylation sites is 1. The molecular weight excluding hydrogens is 376 g/mol. The van der Waals surface area contributed by atoms with E-state index in [1.807, 2.05) is 48.2 Å². The zero-order valence-electron chi connectivity index (χ0n) is 16.0. The highest BCUT2D eigenvalue weighted by Crippen LogP contribution is 2.42. The van der Waals surface area contributed by atoms with Crippen molar-refractivity contribution < 1.29 is 9.53 Å². The molecule has 0 bridgehead atoms. The number of fused-ring (bicyclic) bond motifs is 2. The lowest BCUT2D eigenvalue weighted by Gasteiger charge is -2.35. The SMILES string of the molecule is CC(OC=O)N1c2ccc(Cl)cc2N=C(N2CCN(C)CC2)c2ccccc21. The van der Waals surface area contributed by atoms with E-state index in [-0.39, 0.29) is 0 Å². The molecule has 0 saturated carbocycles. The van der Waals surface area contributed by atoms with Crippen LogP contribution in [-0.4, -0.2) is 61.6 Å². The maximum absolute atomic E-state index is 11.1. The molecule has 2 heterocycles. The van der Waals surface area contributed by atoms with Gasteiger partial charge in [0.15, 0.2) is 6.23 Å². The highest BCUT2D eigenvalue weighted by Gasteiger charge is 2.30. The first-order chi connectivity index (χ1) is 13.6. The van der Waals surface area contributed by atoms with Crippen molar-refractivity contribution in [3.8, 4) is 0 Å². The van der Waals surface area contributed by atoms with Gasteiger partial charge in [-0.25, -0.2) is 4.99 Å². The van der Waals surface area contributed by atoms with Gasteiger partial charge in [-0.3, -0.25) is 4.79 Å². The van der Waals surface area contributed by atoms with Gasteiger partial charge < -0.3 is 19.4 Å². The van der Waals surface area contributed by atoms with Crippen LogP contribution in [0.4, 0.5) is 17.1 Å². The quantitative estimate of drug-likeness (QED) is 0.739. The second-order valence-corrected chi connectivity index (χ2v) is 7.51. The minimum absolute atomic E-state index is 0.482. The molecule has 1 atom stereocenters. The monoisotopic (exact) mass is 398 g/mol. The number of likely N-dealkylation sites (N-methyl/N-ethyl adjacent to an activating group) is 1. The molecule has 1 saturated heterocycles. The third kappa shape index (κ3) is 3.45. The predicted molar refractivity (Wildman–Crippen MR) is 112 cm³/mol. The van der Waals surface area contributed by atoms with Gasteiger partial charge in [0.2, 0.25) is 0 Å². The molecule has 0 aromatic heterocycles. The smallest absolute Gasteiger partial charge is 0.295 e. The molecule has 1 unspecified atom stereocenters. The number of anilines is 2. The molecule has 4 rings (SSSR count). The van der Waals surface area contributed by atoms with Crippen LogP contribution in [0, 0.1) is 0 Å². The lowest BCUT2D eigenvalue weighted by molar-refractivity contribution is -0.132. The van der Waals surface area contributed by atoms with Crippen molar-refractivity contribution >= 4 is 41.0 Å². The molecule has 2 aromatic rings. The van der Waals surface area contributed by atoms with Crippen molar-refractivity contribution in [2.24, 2.45) is 4.99 Å². The van der Waals surface area contributed by atoms with Crippen LogP contribution in [0.3, 0.4) is 0 Å². The normalized spacial score (nSPS) is 17.9. The standard InChI is InChI=1S/C21H23ClN4O2/c1-15(28-14-27)26-19-6-4-3-5-17(19)21(25-11-9-24(2)10-12-25)23-18-13-16(22)7-8-20(18)26/h3-8,13-15H,9-12H2,1-2H3. The molecule has 28 heavy (non-hydrogen) atoms. The van der Waals surface area contributed by atoms with Gasteiger partial charge in [-0.1, -0.05) is 23.7 Å². The highest BCUT2D eigenvalue weighted by atomic mass is 35.5. The third-order valence-electron chi connectivity index (χ3n) is 5.25. The Morgan fingerprint density at radius 1 is 1.11 bits per heavy atom. The molecule has 0 radical (unpaired) electrons. The molecule has 2 aliphatic heterocycles. The average molecular weight is 399 g/mol. The van der Waals surface area contributed by atoms with Crippen molar-refractivity contribution in [3.05, 3.63) is 53.1 Å². The Bertz CT molecular complexity index is 909. The van der Waals surface area contributed by atoms with Crippen molar-refractivity contribution in [2.75, 3.05) is 38.1 Å². The number of benzene rings is 2. The molecule has 146 valence electrons. The topological polar surface area (TPSA) is 48.4 Å². The second-order valence-electron chi connectivity index (χ2n) is 7.08. The van der Waals surface area contributed by atoms with Gasteiger partial charge in [0.05, 0.1) is 17.1 Å². The van der Waals surface area contributed by atoms with E-state index in [4.69, 9.17) is 21.3 Å². The Labute approximate surface area is 170 Å². The lowest BCUT2D eigenvalue weighted by atomic mass is 10.1. The summed E-state index contributed by atoms with van der Waals surface area (Å²) in [6.45, 7) is 6.11. The molecule has 0 spiro atoms. The van der Waals surface area contributed by atoms with Crippen molar-refractivity contribution in [3.63, 3.8) is 0 Å². The number of hydrogen-bond acceptors (Lipinski definition) is 6. The predicted octanol–water partition coefficient (Wildman–Crippen LogP) is 3.64. The fourth-order valence-corrected chi connectivity index (χ4v) is 3.93. The maximum Gasteiger partial charge on any atom is 0.295 e. The van der Waals surface area contributed by atoms with Gasteiger partial charge in [0.1, 0.15) is 5.84 Å². The first-order valence-corrected chi connectivity index (χ1v) is 9.76. The van der Waals surface area contributed by atoms with Crippen molar-refractivity contribution in [1.82, 2.24) is 9.80 Å². The molecule has 0 aliphatic carbocycles. The number of amidine groups is 1. The van der Waals surface area contributed by atoms with Gasteiger partial charge in [-0.15, -0.1) is 0 Å². The Morgan fingerprint density at radius 2 is 1.86 bits per heavy atom. The van der Waals surface area contributed by atoms with Crippen LogP contribution in [0.25, 0.3) is 0 Å². The Hall–Kier alpha value is -2.57. The molecule has 0 amide bonds. The fourth-order valence-electron chi connectivity index (χ4n) is 3.76. The van der Waals surface area contributed by atoms with E-state index < -0.39 is 6.23 Å². The summed E-state index contributed by atoms with van der Waals surface area (Å²) >= 11 is 6.29. The van der Waals surface area contributed by atoms with Gasteiger partial charge >= 0.3 is 0 Å². The van der Waals surface area contributed by atoms with E-state index in [0.29, 0.717) is 11.5 Å². The van der Waals surface area contributed by atoms with Crippen LogP contribution in [0.1, 0.15) is 12.5 Å². The first kappa shape index (κ1) is 18.8. The maximum atomic E-state index is 11.1. The van der Waals surface area contributed by atoms with Crippen LogP contribution in [0.5, 0.6) is 0 Å². The number of hydrogen-bond donors (Lipinski definition) is 0. The molecule has 6 nitrogen and oxygen atoms in total. The summed E-state index contributed by atoms with van der Waals surface area (Å²) in [6.07, 6.45) is -0.486. The number of rotatable bonds is 3. The number of carbonyl (C=O) groups is 1. The van der Waals surface area contributed by atoms with Gasteiger partial charge in [0.25, 0.3) is 6.47 Å². The summed E-state index contributed by atoms with van der Waals surface area (Å²) in [5.41, 5.74) is 3.59. The zero-order valence-corrected chi connectivity index (χ0v) is 16.8. The Balaban J connectivity index is 1.90. The minimum atomic E-state index is -0.486. The summed E-state index contributed by atoms with van der Waals surface area (Å²) in [6, 6.07) is 13.7. The first-order valence-electron chi connectivity index (χ1n) is 9.38. The van der Waals surface area contributed by atoms with Crippen LogP contribution in [0.2, 0.25) is 5.02 Å². The second kappa shape index (κ2) is 7.81. The summed E-state index contributed by atoms with van der Waals surface area (Å²) < 4.78 is 5.32. The number of piperazine rings is 1. The van der Waals surface area contributed by atoms with Crippen molar-refractivity contribution in [1.29, 1.82) is 0 Å². The molecule has 2 aliphatic rings. The Morgan fingerprint density at radius 3 is 2.61 bits per heavy atom. The Kier molecular flexibility index (Phi) is 5.24. The number of carbonyl (C=O) groups excluding carboxylic acids is 1. The van der Waals surface area contributed by atoms with E-state index in [0.717, 1.165) is 54.6 Å². The van der Waals surface area contributed by atoms with Crippen LogP contribution >= 0.6 is 11.6 Å². The van der Waals surface area contributed by atoms with Gasteiger partial charge in [0, 0.05) is 36.8 Å². The third-order valence-corrected chi connectivity index (χ3v) is 5.48. The molecule has 2 aromatic carbocycles. The molecular formula is C21H23ClN4O2. The average Bonchev–Trinajstić information content (AvgIpc) is 2.83. The number of aliphatic imine (C=N–C) groups is 1. The minimum Gasteiger partial charge on any atom is -0.444 e. The molecule has 7 heteroatoms. The van der Waals surface area contributed by atoms with Crippen LogP contribution in [0.15, 0.2) is 47.5 Å². The fraction of sp³-hybridized carbons (Fsp3) is 0.333. The van der Waals surface area contributed by atoms with E-state index in [1.54, 1.807) is 0 Å². The number of nitrogens with zero attached hydrogens (tertiary/aromatic N) is 4. The lowest BCUT2D eigenvalue weighted by Crippen LogP contribution is -2.47. The van der Waals surface area contributed by atoms with E-state index in [2.05, 4.69) is 22.9 Å². The van der Waals surface area contributed by atoms with Gasteiger partial charge in [-0.2, -0.15) is 0 Å². The van der Waals surface area contributed by atoms with E-state index in [9.17, 15) is 4.79 Å². The summed E-state index contributed by atoms with van der Waals surface area (Å²) in [4.78, 5) is 22.7.